The highest BCUT2D eigenvalue weighted by Gasteiger charge is 2.23. The first-order chi connectivity index (χ1) is 13.1. The number of aromatic nitrogens is 4. The number of anilines is 2. The van der Waals surface area contributed by atoms with Crippen LogP contribution in [0.2, 0.25) is 0 Å². The molecule has 3 aromatic heterocycles. The predicted molar refractivity (Wildman–Crippen MR) is 103 cm³/mol. The smallest absolute Gasteiger partial charge is 0.255 e. The first-order valence-electron chi connectivity index (χ1n) is 8.89. The molecule has 0 atom stereocenters. The van der Waals surface area contributed by atoms with E-state index in [-0.39, 0.29) is 5.91 Å². The molecule has 1 fully saturated rings. The summed E-state index contributed by atoms with van der Waals surface area (Å²) in [5.41, 5.74) is 3.22. The number of hydrogen-bond acceptors (Lipinski definition) is 6. The number of hydrogen-bond donors (Lipinski definition) is 1. The van der Waals surface area contributed by atoms with Crippen molar-refractivity contribution < 1.29 is 4.79 Å². The van der Waals surface area contributed by atoms with Crippen LogP contribution in [0.15, 0.2) is 42.9 Å². The first-order valence-corrected chi connectivity index (χ1v) is 8.89. The molecule has 0 aliphatic carbocycles. The summed E-state index contributed by atoms with van der Waals surface area (Å²) in [5, 5.41) is 3.18. The van der Waals surface area contributed by atoms with Crippen molar-refractivity contribution in [2.75, 3.05) is 18.4 Å². The zero-order chi connectivity index (χ0) is 18.8. The molecule has 1 aliphatic rings. The lowest BCUT2D eigenvalue weighted by molar-refractivity contribution is 0.0650. The van der Waals surface area contributed by atoms with Gasteiger partial charge < -0.3 is 10.2 Å². The second-order valence-corrected chi connectivity index (χ2v) is 6.55. The summed E-state index contributed by atoms with van der Waals surface area (Å²) in [5.74, 6) is 2.09. The molecule has 1 saturated heterocycles. The number of likely N-dealkylation sites (tertiary alicyclic amines) is 1. The Labute approximate surface area is 157 Å². The van der Waals surface area contributed by atoms with E-state index in [1.54, 1.807) is 24.7 Å². The van der Waals surface area contributed by atoms with Gasteiger partial charge in [0.15, 0.2) is 0 Å². The highest BCUT2D eigenvalue weighted by atomic mass is 16.2. The largest absolute Gasteiger partial charge is 0.338 e. The van der Waals surface area contributed by atoms with Crippen LogP contribution in [0, 0.1) is 13.8 Å². The number of pyridine rings is 2. The van der Waals surface area contributed by atoms with Gasteiger partial charge >= 0.3 is 0 Å². The SMILES string of the molecule is Cc1nccc(Nc2cc(-c3cnc(C)c(C(=O)N4CCC4)c3)ccn2)n1. The molecule has 7 heteroatoms. The normalized spacial score (nSPS) is 13.2. The summed E-state index contributed by atoms with van der Waals surface area (Å²) in [7, 11) is 0. The average molecular weight is 360 g/mol. The summed E-state index contributed by atoms with van der Waals surface area (Å²) < 4.78 is 0. The Hall–Kier alpha value is -3.35. The highest BCUT2D eigenvalue weighted by Crippen LogP contribution is 2.25. The molecule has 7 nitrogen and oxygen atoms in total. The molecule has 1 amide bonds. The maximum absolute atomic E-state index is 12.6. The van der Waals surface area contributed by atoms with Crippen LogP contribution in [0.5, 0.6) is 0 Å². The van der Waals surface area contributed by atoms with Crippen molar-refractivity contribution >= 4 is 17.5 Å². The Morgan fingerprint density at radius 1 is 1.00 bits per heavy atom. The predicted octanol–water partition coefficient (Wildman–Crippen LogP) is 3.14. The van der Waals surface area contributed by atoms with E-state index < -0.39 is 0 Å². The number of aryl methyl sites for hydroxylation is 2. The van der Waals surface area contributed by atoms with Gasteiger partial charge in [-0.15, -0.1) is 0 Å². The van der Waals surface area contributed by atoms with Gasteiger partial charge in [0.05, 0.1) is 11.3 Å². The molecule has 4 heterocycles. The number of amides is 1. The minimum atomic E-state index is 0.0527. The number of nitrogens with zero attached hydrogens (tertiary/aromatic N) is 5. The number of nitrogens with one attached hydrogen (secondary N) is 1. The summed E-state index contributed by atoms with van der Waals surface area (Å²) >= 11 is 0. The molecule has 27 heavy (non-hydrogen) atoms. The van der Waals surface area contributed by atoms with Gasteiger partial charge in [0, 0.05) is 37.2 Å². The van der Waals surface area contributed by atoms with Crippen molar-refractivity contribution in [2.45, 2.75) is 20.3 Å². The van der Waals surface area contributed by atoms with Crippen molar-refractivity contribution in [3.05, 3.63) is 59.9 Å². The van der Waals surface area contributed by atoms with E-state index in [4.69, 9.17) is 0 Å². The van der Waals surface area contributed by atoms with Crippen LogP contribution >= 0.6 is 0 Å². The van der Waals surface area contributed by atoms with E-state index in [1.807, 2.05) is 36.9 Å². The molecule has 136 valence electrons. The standard InChI is InChI=1S/C20H20N6O/c1-13-17(20(27)26-8-3-9-26)10-16(12-23-13)15-4-6-22-19(11-15)25-18-5-7-21-14(2)24-18/h4-7,10-12H,3,8-9H2,1-2H3,(H,21,22,24,25). The van der Waals surface area contributed by atoms with Crippen LogP contribution < -0.4 is 5.32 Å². The van der Waals surface area contributed by atoms with Crippen LogP contribution in [0.4, 0.5) is 11.6 Å². The summed E-state index contributed by atoms with van der Waals surface area (Å²) in [6.07, 6.45) is 6.28. The van der Waals surface area contributed by atoms with E-state index in [0.29, 0.717) is 23.0 Å². The van der Waals surface area contributed by atoms with E-state index in [1.165, 1.54) is 0 Å². The maximum atomic E-state index is 12.6. The fraction of sp³-hybridized carbons (Fsp3) is 0.250. The fourth-order valence-corrected chi connectivity index (χ4v) is 2.93. The molecule has 0 saturated carbocycles. The molecular weight excluding hydrogens is 340 g/mol. The van der Waals surface area contributed by atoms with E-state index >= 15 is 0 Å². The van der Waals surface area contributed by atoms with Gasteiger partial charge in [-0.2, -0.15) is 0 Å². The number of carbonyl (C=O) groups is 1. The third kappa shape index (κ3) is 3.62. The summed E-state index contributed by atoms with van der Waals surface area (Å²) in [6, 6.07) is 7.53. The fourth-order valence-electron chi connectivity index (χ4n) is 2.93. The number of carbonyl (C=O) groups excluding carboxylic acids is 1. The number of rotatable bonds is 4. The second kappa shape index (κ2) is 7.11. The van der Waals surface area contributed by atoms with Gasteiger partial charge in [0.1, 0.15) is 17.5 Å². The van der Waals surface area contributed by atoms with Crippen molar-refractivity contribution in [3.8, 4) is 11.1 Å². The minimum Gasteiger partial charge on any atom is -0.338 e. The summed E-state index contributed by atoms with van der Waals surface area (Å²) in [4.78, 5) is 31.7. The monoisotopic (exact) mass is 360 g/mol. The van der Waals surface area contributed by atoms with Gasteiger partial charge in [0.2, 0.25) is 0 Å². The Bertz CT molecular complexity index is 999. The molecule has 0 spiro atoms. The molecule has 1 N–H and O–H groups in total. The van der Waals surface area contributed by atoms with Crippen LogP contribution in [0.3, 0.4) is 0 Å². The molecular formula is C20H20N6O. The molecule has 1 aliphatic heterocycles. The van der Waals surface area contributed by atoms with Gasteiger partial charge in [-0.3, -0.25) is 9.78 Å². The Morgan fingerprint density at radius 2 is 1.81 bits per heavy atom. The van der Waals surface area contributed by atoms with Gasteiger partial charge in [-0.05, 0) is 50.1 Å². The first kappa shape index (κ1) is 17.1. The van der Waals surface area contributed by atoms with E-state index in [9.17, 15) is 4.79 Å². The van der Waals surface area contributed by atoms with E-state index in [2.05, 4.69) is 25.3 Å². The zero-order valence-corrected chi connectivity index (χ0v) is 15.3. The third-order valence-corrected chi connectivity index (χ3v) is 4.59. The van der Waals surface area contributed by atoms with Crippen molar-refractivity contribution in [1.29, 1.82) is 0 Å². The second-order valence-electron chi connectivity index (χ2n) is 6.55. The van der Waals surface area contributed by atoms with Crippen LogP contribution in [0.1, 0.15) is 28.3 Å². The molecule has 0 unspecified atom stereocenters. The lowest BCUT2D eigenvalue weighted by Crippen LogP contribution is -2.42. The maximum Gasteiger partial charge on any atom is 0.255 e. The lowest BCUT2D eigenvalue weighted by Gasteiger charge is -2.31. The zero-order valence-electron chi connectivity index (χ0n) is 15.3. The Kier molecular flexibility index (Phi) is 4.50. The highest BCUT2D eigenvalue weighted by molar-refractivity contribution is 5.96. The Morgan fingerprint density at radius 3 is 2.56 bits per heavy atom. The quantitative estimate of drug-likeness (QED) is 0.769. The minimum absolute atomic E-state index is 0.0527. The molecule has 0 aromatic carbocycles. The molecule has 4 rings (SSSR count). The van der Waals surface area contributed by atoms with Crippen molar-refractivity contribution in [1.82, 2.24) is 24.8 Å². The van der Waals surface area contributed by atoms with Crippen LogP contribution in [0.25, 0.3) is 11.1 Å². The topological polar surface area (TPSA) is 83.9 Å². The molecule has 0 bridgehead atoms. The average Bonchev–Trinajstić information content (AvgIpc) is 2.61. The van der Waals surface area contributed by atoms with E-state index in [0.717, 1.165) is 36.3 Å². The summed E-state index contributed by atoms with van der Waals surface area (Å²) in [6.45, 7) is 5.35. The van der Waals surface area contributed by atoms with Crippen LogP contribution in [-0.2, 0) is 0 Å². The van der Waals surface area contributed by atoms with Gasteiger partial charge in [-0.1, -0.05) is 0 Å². The molecule has 3 aromatic rings. The van der Waals surface area contributed by atoms with Gasteiger partial charge in [-0.25, -0.2) is 15.0 Å². The Balaban J connectivity index is 1.62. The van der Waals surface area contributed by atoms with Gasteiger partial charge in [0.25, 0.3) is 5.91 Å². The lowest BCUT2D eigenvalue weighted by atomic mass is 10.0. The third-order valence-electron chi connectivity index (χ3n) is 4.59. The van der Waals surface area contributed by atoms with Crippen molar-refractivity contribution in [2.24, 2.45) is 0 Å². The molecule has 0 radical (unpaired) electrons. The van der Waals surface area contributed by atoms with Crippen LogP contribution in [-0.4, -0.2) is 43.8 Å². The van der Waals surface area contributed by atoms with Crippen molar-refractivity contribution in [3.63, 3.8) is 0 Å².